The summed E-state index contributed by atoms with van der Waals surface area (Å²) in [4.78, 5) is 12.4. The maximum absolute atomic E-state index is 12.4. The second-order valence-corrected chi connectivity index (χ2v) is 5.83. The highest BCUT2D eigenvalue weighted by atomic mass is 79.9. The van der Waals surface area contributed by atoms with Crippen LogP contribution in [0.15, 0.2) is 24.3 Å². The molecule has 0 aromatic heterocycles. The summed E-state index contributed by atoms with van der Waals surface area (Å²) in [5.74, 6) is 0.674. The third-order valence-corrected chi connectivity index (χ3v) is 4.53. The lowest BCUT2D eigenvalue weighted by atomic mass is 9.95. The van der Waals surface area contributed by atoms with E-state index < -0.39 is 0 Å². The van der Waals surface area contributed by atoms with Crippen LogP contribution >= 0.6 is 15.9 Å². The summed E-state index contributed by atoms with van der Waals surface area (Å²) in [6.45, 7) is 8.11. The average Bonchev–Trinajstić information content (AvgIpc) is 2.44. The third kappa shape index (κ3) is 4.51. The van der Waals surface area contributed by atoms with Crippen LogP contribution in [0.5, 0.6) is 5.75 Å². The first-order valence-corrected chi connectivity index (χ1v) is 8.23. The number of nitrogens with one attached hydrogen (secondary N) is 1. The SMILES string of the molecule is CCC(CC)(CBr)NC(=O)c1cccc(OC(C)C)c1. The van der Waals surface area contributed by atoms with E-state index in [9.17, 15) is 4.79 Å². The van der Waals surface area contributed by atoms with Crippen LogP contribution in [-0.2, 0) is 0 Å². The van der Waals surface area contributed by atoms with Crippen molar-refractivity contribution in [1.82, 2.24) is 5.32 Å². The molecule has 0 aliphatic heterocycles. The Balaban J connectivity index is 2.86. The van der Waals surface area contributed by atoms with Crippen LogP contribution in [0.2, 0.25) is 0 Å². The molecule has 1 N–H and O–H groups in total. The van der Waals surface area contributed by atoms with Crippen molar-refractivity contribution in [1.29, 1.82) is 0 Å². The lowest BCUT2D eigenvalue weighted by Crippen LogP contribution is -2.49. The first-order valence-electron chi connectivity index (χ1n) is 7.11. The number of carbonyl (C=O) groups is 1. The highest BCUT2D eigenvalue weighted by Gasteiger charge is 2.27. The second-order valence-electron chi connectivity index (χ2n) is 5.27. The van der Waals surface area contributed by atoms with Gasteiger partial charge in [-0.15, -0.1) is 0 Å². The monoisotopic (exact) mass is 341 g/mol. The Hall–Kier alpha value is -1.03. The van der Waals surface area contributed by atoms with E-state index in [0.717, 1.165) is 23.9 Å². The molecule has 1 amide bonds. The smallest absolute Gasteiger partial charge is 0.251 e. The van der Waals surface area contributed by atoms with Crippen LogP contribution in [0.4, 0.5) is 0 Å². The number of alkyl halides is 1. The number of rotatable bonds is 7. The van der Waals surface area contributed by atoms with Gasteiger partial charge in [0.05, 0.1) is 6.10 Å². The van der Waals surface area contributed by atoms with Gasteiger partial charge < -0.3 is 10.1 Å². The molecule has 0 aliphatic rings. The summed E-state index contributed by atoms with van der Waals surface area (Å²) in [6.07, 6.45) is 1.88. The minimum atomic E-state index is -0.188. The molecule has 0 aliphatic carbocycles. The minimum Gasteiger partial charge on any atom is -0.491 e. The van der Waals surface area contributed by atoms with Crippen molar-refractivity contribution in [3.05, 3.63) is 29.8 Å². The van der Waals surface area contributed by atoms with Gasteiger partial charge in [-0.25, -0.2) is 0 Å². The Morgan fingerprint density at radius 3 is 2.50 bits per heavy atom. The molecule has 4 heteroatoms. The van der Waals surface area contributed by atoms with Gasteiger partial charge in [-0.3, -0.25) is 4.79 Å². The molecule has 112 valence electrons. The van der Waals surface area contributed by atoms with Crippen molar-refractivity contribution in [2.75, 3.05) is 5.33 Å². The van der Waals surface area contributed by atoms with Crippen molar-refractivity contribution in [2.45, 2.75) is 52.2 Å². The zero-order valence-corrected chi connectivity index (χ0v) is 14.3. The highest BCUT2D eigenvalue weighted by Crippen LogP contribution is 2.20. The Bertz CT molecular complexity index is 434. The molecule has 0 unspecified atom stereocenters. The summed E-state index contributed by atoms with van der Waals surface area (Å²) >= 11 is 3.50. The molecule has 1 rings (SSSR count). The number of amides is 1. The fourth-order valence-electron chi connectivity index (χ4n) is 1.94. The number of hydrogen-bond donors (Lipinski definition) is 1. The average molecular weight is 342 g/mol. The molecular formula is C16H24BrNO2. The molecule has 20 heavy (non-hydrogen) atoms. The quantitative estimate of drug-likeness (QED) is 0.756. The molecular weight excluding hydrogens is 318 g/mol. The molecule has 0 radical (unpaired) electrons. The molecule has 0 spiro atoms. The second kappa shape index (κ2) is 7.67. The van der Waals surface area contributed by atoms with E-state index in [4.69, 9.17) is 4.74 Å². The number of carbonyl (C=O) groups excluding carboxylic acids is 1. The van der Waals surface area contributed by atoms with E-state index in [1.54, 1.807) is 6.07 Å². The maximum atomic E-state index is 12.4. The van der Waals surface area contributed by atoms with E-state index in [-0.39, 0.29) is 17.6 Å². The van der Waals surface area contributed by atoms with E-state index in [0.29, 0.717) is 5.56 Å². The number of benzene rings is 1. The summed E-state index contributed by atoms with van der Waals surface area (Å²) in [5.41, 5.74) is 0.446. The standard InChI is InChI=1S/C16H24BrNO2/c1-5-16(6-2,11-17)18-15(19)13-8-7-9-14(10-13)20-12(3)4/h7-10,12H,5-6,11H2,1-4H3,(H,18,19). The Kier molecular flexibility index (Phi) is 6.53. The number of ether oxygens (including phenoxy) is 1. The van der Waals surface area contributed by atoms with Crippen molar-refractivity contribution in [3.63, 3.8) is 0 Å². The van der Waals surface area contributed by atoms with Crippen LogP contribution in [0.3, 0.4) is 0 Å². The predicted molar refractivity (Wildman–Crippen MR) is 86.8 cm³/mol. The maximum Gasteiger partial charge on any atom is 0.251 e. The van der Waals surface area contributed by atoms with Crippen LogP contribution in [0, 0.1) is 0 Å². The summed E-state index contributed by atoms with van der Waals surface area (Å²) < 4.78 is 5.62. The molecule has 1 aromatic rings. The molecule has 1 aromatic carbocycles. The largest absolute Gasteiger partial charge is 0.491 e. The first kappa shape index (κ1) is 17.0. The van der Waals surface area contributed by atoms with Crippen molar-refractivity contribution in [3.8, 4) is 5.75 Å². The predicted octanol–water partition coefficient (Wildman–Crippen LogP) is 4.16. The van der Waals surface area contributed by atoms with Crippen molar-refractivity contribution >= 4 is 21.8 Å². The van der Waals surface area contributed by atoms with Crippen LogP contribution in [0.25, 0.3) is 0 Å². The van der Waals surface area contributed by atoms with Gasteiger partial charge in [0.25, 0.3) is 5.91 Å². The fourth-order valence-corrected chi connectivity index (χ4v) is 2.88. The van der Waals surface area contributed by atoms with Gasteiger partial charge in [-0.05, 0) is 44.9 Å². The van der Waals surface area contributed by atoms with Crippen LogP contribution < -0.4 is 10.1 Å². The molecule has 0 fully saturated rings. The summed E-state index contributed by atoms with van der Waals surface area (Å²) in [6, 6.07) is 7.32. The van der Waals surface area contributed by atoms with Gasteiger partial charge in [0.1, 0.15) is 5.75 Å². The van der Waals surface area contributed by atoms with Gasteiger partial charge >= 0.3 is 0 Å². The summed E-state index contributed by atoms with van der Waals surface area (Å²) in [7, 11) is 0. The van der Waals surface area contributed by atoms with Crippen LogP contribution in [0.1, 0.15) is 50.9 Å². The zero-order chi connectivity index (χ0) is 15.2. The van der Waals surface area contributed by atoms with E-state index >= 15 is 0 Å². The van der Waals surface area contributed by atoms with Gasteiger partial charge in [0, 0.05) is 16.4 Å². The van der Waals surface area contributed by atoms with E-state index in [1.807, 2.05) is 32.0 Å². The van der Waals surface area contributed by atoms with E-state index in [2.05, 4.69) is 35.1 Å². The first-order chi connectivity index (χ1) is 9.46. The van der Waals surface area contributed by atoms with Crippen molar-refractivity contribution < 1.29 is 9.53 Å². The normalized spacial score (nSPS) is 11.5. The molecule has 0 saturated heterocycles. The van der Waals surface area contributed by atoms with Gasteiger partial charge in [-0.1, -0.05) is 35.8 Å². The molecule has 3 nitrogen and oxygen atoms in total. The topological polar surface area (TPSA) is 38.3 Å². The lowest BCUT2D eigenvalue weighted by Gasteiger charge is -2.31. The fraction of sp³-hybridized carbons (Fsp3) is 0.562. The molecule has 0 bridgehead atoms. The van der Waals surface area contributed by atoms with Crippen molar-refractivity contribution in [2.24, 2.45) is 0 Å². The van der Waals surface area contributed by atoms with E-state index in [1.165, 1.54) is 0 Å². The molecule has 0 atom stereocenters. The highest BCUT2D eigenvalue weighted by molar-refractivity contribution is 9.09. The van der Waals surface area contributed by atoms with Gasteiger partial charge in [0.15, 0.2) is 0 Å². The summed E-state index contributed by atoms with van der Waals surface area (Å²) in [5, 5.41) is 3.89. The minimum absolute atomic E-state index is 0.0534. The van der Waals surface area contributed by atoms with Crippen LogP contribution in [-0.4, -0.2) is 22.9 Å². The zero-order valence-electron chi connectivity index (χ0n) is 12.7. The third-order valence-electron chi connectivity index (χ3n) is 3.46. The Morgan fingerprint density at radius 1 is 1.35 bits per heavy atom. The lowest BCUT2D eigenvalue weighted by molar-refractivity contribution is 0.0903. The Labute approximate surface area is 130 Å². The Morgan fingerprint density at radius 2 is 2.00 bits per heavy atom. The molecule has 0 saturated carbocycles. The van der Waals surface area contributed by atoms with Gasteiger partial charge in [-0.2, -0.15) is 0 Å². The number of hydrogen-bond acceptors (Lipinski definition) is 2. The van der Waals surface area contributed by atoms with Gasteiger partial charge in [0.2, 0.25) is 0 Å². The number of halogens is 1. The molecule has 0 heterocycles.